The predicted octanol–water partition coefficient (Wildman–Crippen LogP) is 4.97. The summed E-state index contributed by atoms with van der Waals surface area (Å²) in [4.78, 5) is 17.3. The molecule has 1 amide bonds. The molecule has 2 N–H and O–H groups in total. The number of thiophene rings is 1. The maximum atomic E-state index is 13.2. The first kappa shape index (κ1) is 21.8. The number of carbonyl (C=O) groups excluding carboxylic acids is 1. The number of amides is 1. The number of rotatable bonds is 6. The number of hydrogen-bond donors (Lipinski definition) is 2. The molecule has 0 saturated heterocycles. The number of aryl methyl sites for hydroxylation is 2. The lowest BCUT2D eigenvalue weighted by Gasteiger charge is -2.16. The van der Waals surface area contributed by atoms with Crippen LogP contribution in [-0.4, -0.2) is 26.4 Å². The van der Waals surface area contributed by atoms with Crippen LogP contribution in [0.4, 0.5) is 11.4 Å². The van der Waals surface area contributed by atoms with Gasteiger partial charge in [0.05, 0.1) is 17.7 Å². The van der Waals surface area contributed by atoms with E-state index in [2.05, 4.69) is 15.0 Å². The molecule has 2 aromatic carbocycles. The molecule has 9 heteroatoms. The Morgan fingerprint density at radius 1 is 1.06 bits per heavy atom. The molecule has 0 atom stereocenters. The Bertz CT molecular complexity index is 1380. The average Bonchev–Trinajstić information content (AvgIpc) is 3.21. The van der Waals surface area contributed by atoms with Gasteiger partial charge in [0.1, 0.15) is 10.6 Å². The molecule has 7 nitrogen and oxygen atoms in total. The molecule has 0 unspecified atom stereocenters. The van der Waals surface area contributed by atoms with Crippen LogP contribution < -0.4 is 14.8 Å². The van der Waals surface area contributed by atoms with Crippen molar-refractivity contribution in [3.8, 4) is 5.75 Å². The van der Waals surface area contributed by atoms with E-state index in [9.17, 15) is 13.2 Å². The van der Waals surface area contributed by atoms with Crippen molar-refractivity contribution in [2.45, 2.75) is 18.7 Å². The second-order valence-electron chi connectivity index (χ2n) is 7.22. The Hall–Kier alpha value is -3.43. The molecule has 164 valence electrons. The number of para-hydroxylation sites is 1. The summed E-state index contributed by atoms with van der Waals surface area (Å²) >= 11 is 1.34. The number of methoxy groups -OCH3 is 1. The minimum absolute atomic E-state index is 0.0685. The Labute approximate surface area is 190 Å². The molecule has 2 aromatic heterocycles. The van der Waals surface area contributed by atoms with Crippen LogP contribution in [0.1, 0.15) is 20.8 Å². The van der Waals surface area contributed by atoms with Crippen LogP contribution in [0, 0.1) is 13.8 Å². The molecule has 0 radical (unpaired) electrons. The Morgan fingerprint density at radius 2 is 1.81 bits per heavy atom. The van der Waals surface area contributed by atoms with Gasteiger partial charge in [0.15, 0.2) is 0 Å². The summed E-state index contributed by atoms with van der Waals surface area (Å²) < 4.78 is 35.3. The van der Waals surface area contributed by atoms with Crippen molar-refractivity contribution in [3.05, 3.63) is 76.9 Å². The van der Waals surface area contributed by atoms with Gasteiger partial charge in [0.2, 0.25) is 0 Å². The number of sulfonamides is 1. The minimum atomic E-state index is -3.98. The first-order chi connectivity index (χ1) is 15.3. The topological polar surface area (TPSA) is 97.4 Å². The van der Waals surface area contributed by atoms with Crippen LogP contribution in [0.2, 0.25) is 0 Å². The van der Waals surface area contributed by atoms with Crippen molar-refractivity contribution in [2.24, 2.45) is 0 Å². The highest BCUT2D eigenvalue weighted by atomic mass is 32.2. The number of pyridine rings is 1. The van der Waals surface area contributed by atoms with Crippen LogP contribution >= 0.6 is 11.3 Å². The first-order valence-electron chi connectivity index (χ1n) is 9.70. The molecule has 4 rings (SSSR count). The van der Waals surface area contributed by atoms with Crippen LogP contribution in [0.15, 0.2) is 65.8 Å². The maximum absolute atomic E-state index is 13.2. The molecular weight excluding hydrogens is 446 g/mol. The molecule has 2 heterocycles. The molecule has 0 fully saturated rings. The molecule has 0 bridgehead atoms. The fourth-order valence-electron chi connectivity index (χ4n) is 3.32. The molecule has 0 aliphatic carbocycles. The molecule has 0 aliphatic heterocycles. The summed E-state index contributed by atoms with van der Waals surface area (Å²) in [6.07, 6.45) is 3.37. The normalized spacial score (nSPS) is 11.3. The summed E-state index contributed by atoms with van der Waals surface area (Å²) in [5.41, 5.74) is 2.46. The highest BCUT2D eigenvalue weighted by molar-refractivity contribution is 7.92. The molecule has 4 aromatic rings. The van der Waals surface area contributed by atoms with Gasteiger partial charge in [-0.15, -0.1) is 11.3 Å². The summed E-state index contributed by atoms with van der Waals surface area (Å²) in [7, 11) is -2.58. The first-order valence-corrected chi connectivity index (χ1v) is 12.0. The molecule has 0 aliphatic rings. The van der Waals surface area contributed by atoms with E-state index >= 15 is 0 Å². The van der Waals surface area contributed by atoms with Crippen LogP contribution in [0.3, 0.4) is 0 Å². The molecular formula is C23H21N3O4S2. The zero-order chi connectivity index (χ0) is 22.9. The van der Waals surface area contributed by atoms with Gasteiger partial charge >= 0.3 is 0 Å². The van der Waals surface area contributed by atoms with E-state index in [4.69, 9.17) is 4.74 Å². The predicted molar refractivity (Wildman–Crippen MR) is 127 cm³/mol. The highest BCUT2D eigenvalue weighted by Crippen LogP contribution is 2.31. The third-order valence-electron chi connectivity index (χ3n) is 4.97. The Kier molecular flexibility index (Phi) is 5.86. The number of anilines is 2. The molecule has 0 spiro atoms. The number of aromatic nitrogens is 1. The SMILES string of the molecule is COc1ccc(NC(=O)c2cc3cnccc3s2)cc1S(=O)(=O)Nc1c(C)cccc1C. The number of carbonyl (C=O) groups is 1. The third kappa shape index (κ3) is 4.30. The number of benzene rings is 2. The van der Waals surface area contributed by atoms with Gasteiger partial charge in [-0.1, -0.05) is 18.2 Å². The van der Waals surface area contributed by atoms with Crippen molar-refractivity contribution in [2.75, 3.05) is 17.1 Å². The second-order valence-corrected chi connectivity index (χ2v) is 9.95. The largest absolute Gasteiger partial charge is 0.495 e. The van der Waals surface area contributed by atoms with Crippen molar-refractivity contribution in [1.29, 1.82) is 0 Å². The van der Waals surface area contributed by atoms with Gasteiger partial charge in [-0.3, -0.25) is 14.5 Å². The van der Waals surface area contributed by atoms with E-state index in [0.29, 0.717) is 16.3 Å². The van der Waals surface area contributed by atoms with Crippen LogP contribution in [0.25, 0.3) is 10.1 Å². The maximum Gasteiger partial charge on any atom is 0.265 e. The zero-order valence-electron chi connectivity index (χ0n) is 17.7. The lowest BCUT2D eigenvalue weighted by atomic mass is 10.1. The van der Waals surface area contributed by atoms with E-state index in [0.717, 1.165) is 21.2 Å². The summed E-state index contributed by atoms with van der Waals surface area (Å²) in [5.74, 6) is -0.155. The van der Waals surface area contributed by atoms with Gasteiger partial charge < -0.3 is 10.1 Å². The number of nitrogens with zero attached hydrogens (tertiary/aromatic N) is 1. The van der Waals surface area contributed by atoms with Crippen molar-refractivity contribution in [1.82, 2.24) is 4.98 Å². The van der Waals surface area contributed by atoms with Gasteiger partial charge in [0, 0.05) is 28.2 Å². The van der Waals surface area contributed by atoms with E-state index in [1.54, 1.807) is 24.5 Å². The Balaban J connectivity index is 1.65. The zero-order valence-corrected chi connectivity index (χ0v) is 19.3. The lowest BCUT2D eigenvalue weighted by molar-refractivity contribution is 0.103. The van der Waals surface area contributed by atoms with E-state index < -0.39 is 10.0 Å². The van der Waals surface area contributed by atoms with E-state index in [1.807, 2.05) is 38.1 Å². The van der Waals surface area contributed by atoms with Crippen LogP contribution in [0.5, 0.6) is 5.75 Å². The minimum Gasteiger partial charge on any atom is -0.495 e. The average molecular weight is 468 g/mol. The van der Waals surface area contributed by atoms with Crippen LogP contribution in [-0.2, 0) is 10.0 Å². The van der Waals surface area contributed by atoms with Gasteiger partial charge in [-0.05, 0) is 55.3 Å². The number of ether oxygens (including phenoxy) is 1. The fourth-order valence-corrected chi connectivity index (χ4v) is 5.64. The van der Waals surface area contributed by atoms with Gasteiger partial charge in [0.25, 0.3) is 15.9 Å². The monoisotopic (exact) mass is 467 g/mol. The van der Waals surface area contributed by atoms with Crippen molar-refractivity contribution >= 4 is 48.7 Å². The van der Waals surface area contributed by atoms with E-state index in [-0.39, 0.29) is 16.6 Å². The number of nitrogens with one attached hydrogen (secondary N) is 2. The highest BCUT2D eigenvalue weighted by Gasteiger charge is 2.22. The second kappa shape index (κ2) is 8.60. The van der Waals surface area contributed by atoms with Crippen molar-refractivity contribution < 1.29 is 17.9 Å². The lowest BCUT2D eigenvalue weighted by Crippen LogP contribution is -2.17. The summed E-state index contributed by atoms with van der Waals surface area (Å²) in [6, 6.07) is 13.6. The summed E-state index contributed by atoms with van der Waals surface area (Å²) in [5, 5.41) is 3.65. The van der Waals surface area contributed by atoms with Crippen molar-refractivity contribution in [3.63, 3.8) is 0 Å². The Morgan fingerprint density at radius 3 is 2.50 bits per heavy atom. The quantitative estimate of drug-likeness (QED) is 0.417. The third-order valence-corrected chi connectivity index (χ3v) is 7.45. The van der Waals surface area contributed by atoms with Gasteiger partial charge in [-0.25, -0.2) is 8.42 Å². The number of fused-ring (bicyclic) bond motifs is 1. The molecule has 0 saturated carbocycles. The molecule has 32 heavy (non-hydrogen) atoms. The standard InChI is InChI=1S/C23H21N3O4S2/c1-14-5-4-6-15(2)22(14)26-32(28,29)21-12-17(7-8-18(21)30-3)25-23(27)20-11-16-13-24-10-9-19(16)31-20/h4-13,26H,1-3H3,(H,25,27). The smallest absolute Gasteiger partial charge is 0.265 e. The summed E-state index contributed by atoms with van der Waals surface area (Å²) in [6.45, 7) is 3.67. The van der Waals surface area contributed by atoms with E-state index in [1.165, 1.54) is 30.6 Å². The van der Waals surface area contributed by atoms with Gasteiger partial charge in [-0.2, -0.15) is 0 Å². The number of hydrogen-bond acceptors (Lipinski definition) is 6. The fraction of sp³-hybridized carbons (Fsp3) is 0.130.